The highest BCUT2D eigenvalue weighted by Crippen LogP contribution is 2.12. The molecule has 0 fully saturated rings. The molecule has 0 unspecified atom stereocenters. The lowest BCUT2D eigenvalue weighted by molar-refractivity contribution is -0.672. The van der Waals surface area contributed by atoms with Crippen molar-refractivity contribution < 1.29 is 24.1 Å². The van der Waals surface area contributed by atoms with E-state index in [9.17, 15) is 26.0 Å². The van der Waals surface area contributed by atoms with Crippen molar-refractivity contribution in [1.29, 1.82) is 0 Å². The van der Waals surface area contributed by atoms with E-state index in [4.69, 9.17) is 17.3 Å². The number of anilines is 3. The number of aromatic nitrogens is 12. The summed E-state index contributed by atoms with van der Waals surface area (Å²) in [5, 5.41) is 77.4. The second kappa shape index (κ2) is 18.8. The molecule has 0 amide bonds. The molecule has 0 aliphatic heterocycles. The van der Waals surface area contributed by atoms with Crippen molar-refractivity contribution in [3.05, 3.63) is 127 Å². The fourth-order valence-corrected chi connectivity index (χ4v) is 5.21. The van der Waals surface area contributed by atoms with Crippen LogP contribution < -0.4 is 40.5 Å². The third kappa shape index (κ3) is 10.5. The van der Waals surface area contributed by atoms with Crippen molar-refractivity contribution in [1.82, 2.24) is 35.3 Å². The van der Waals surface area contributed by atoms with Gasteiger partial charge in [-0.05, 0) is 88.2 Å². The molecule has 4 heterocycles. The average Bonchev–Trinajstić information content (AvgIpc) is 3.19. The van der Waals surface area contributed by atoms with Crippen LogP contribution in [0.3, 0.4) is 0 Å². The number of nitrogens with one attached hydrogen (secondary N) is 2. The summed E-state index contributed by atoms with van der Waals surface area (Å²) in [5.41, 5.74) is 11.0. The second-order valence-electron chi connectivity index (χ2n) is 12.2. The van der Waals surface area contributed by atoms with Crippen molar-refractivity contribution in [2.45, 2.75) is 40.5 Å². The van der Waals surface area contributed by atoms with Gasteiger partial charge in [0.15, 0.2) is 5.52 Å². The quantitative estimate of drug-likeness (QED) is 0.161. The molecule has 0 aliphatic rings. The van der Waals surface area contributed by atoms with Gasteiger partial charge in [-0.25, -0.2) is 19.7 Å². The van der Waals surface area contributed by atoms with E-state index in [1.54, 1.807) is 66.7 Å². The van der Waals surface area contributed by atoms with Crippen LogP contribution >= 0.6 is 11.6 Å². The minimum Gasteiger partial charge on any atom is -0.739 e. The van der Waals surface area contributed by atoms with Crippen LogP contribution in [0, 0.1) is 39.9 Å². The highest BCUT2D eigenvalue weighted by atomic mass is 35.5. The van der Waals surface area contributed by atoms with Gasteiger partial charge in [-0.3, -0.25) is 5.32 Å². The predicted octanol–water partition coefficient (Wildman–Crippen LogP) is 2.79. The van der Waals surface area contributed by atoms with Gasteiger partial charge in [0.05, 0.1) is 16.7 Å². The lowest BCUT2D eigenvalue weighted by Crippen LogP contribution is -2.44. The van der Waals surface area contributed by atoms with Gasteiger partial charge in [0, 0.05) is 40.8 Å². The van der Waals surface area contributed by atoms with Gasteiger partial charge in [-0.1, -0.05) is 50.2 Å². The van der Waals surface area contributed by atoms with Gasteiger partial charge in [-0.2, -0.15) is 0 Å². The molecular weight excluding hydrogens is 758 g/mol. The first-order chi connectivity index (χ1) is 27.4. The molecule has 4 aromatic carbocycles. The monoisotopic (exact) mass is 795 g/mol. The Morgan fingerprint density at radius 1 is 0.561 bits per heavy atom. The largest absolute Gasteiger partial charge is 0.739 e. The molecule has 21 heteroatoms. The van der Waals surface area contributed by atoms with E-state index in [1.807, 2.05) is 45.9 Å². The van der Waals surface area contributed by atoms with Crippen LogP contribution in [0.25, 0.3) is 44.1 Å². The SMILES string of the molecule is CCCNc1n[n+]([O-])c2ccccc2[n+]1[O-].CCCNc1nc2ccccc2[n+]([O-])n1.Cc1ccc2nc(Cl)n[n+]([O-])c2c1.Cc1ccc2nc(N)n[n+]([O-])c2c1. The number of rotatable bonds is 6. The van der Waals surface area contributed by atoms with Gasteiger partial charge in [0.25, 0.3) is 39.2 Å². The Morgan fingerprint density at radius 2 is 1.07 bits per heavy atom. The van der Waals surface area contributed by atoms with E-state index in [2.05, 4.69) is 46.0 Å². The van der Waals surface area contributed by atoms with Crippen LogP contribution in [0.5, 0.6) is 0 Å². The Hall–Kier alpha value is -7.35. The summed E-state index contributed by atoms with van der Waals surface area (Å²) in [6, 6.07) is 24.4. The van der Waals surface area contributed by atoms with Crippen molar-refractivity contribution in [2.24, 2.45) is 0 Å². The summed E-state index contributed by atoms with van der Waals surface area (Å²) in [6.45, 7) is 9.17. The normalized spacial score (nSPS) is 10.5. The van der Waals surface area contributed by atoms with Crippen LogP contribution in [-0.2, 0) is 0 Å². The molecular formula is C36H38ClN15O5. The lowest BCUT2D eigenvalue weighted by atomic mass is 10.2. The zero-order valence-corrected chi connectivity index (χ0v) is 32.0. The Bertz CT molecular complexity index is 2570. The zero-order chi connectivity index (χ0) is 41.1. The van der Waals surface area contributed by atoms with E-state index < -0.39 is 0 Å². The molecule has 0 atom stereocenters. The number of fused-ring (bicyclic) bond motifs is 4. The summed E-state index contributed by atoms with van der Waals surface area (Å²) >= 11 is 5.52. The first kappa shape index (κ1) is 40.8. The number of benzene rings is 4. The maximum atomic E-state index is 11.8. The number of nitrogens with zero attached hydrogens (tertiary/aromatic N) is 12. The Balaban J connectivity index is 0.000000146. The summed E-state index contributed by atoms with van der Waals surface area (Å²) in [5.74, 6) is 0.410. The third-order valence-electron chi connectivity index (χ3n) is 7.74. The molecule has 8 rings (SSSR count). The number of hydrogen-bond donors (Lipinski definition) is 3. The molecule has 0 radical (unpaired) electrons. The Morgan fingerprint density at radius 3 is 1.72 bits per heavy atom. The minimum absolute atomic E-state index is 0.00801. The maximum Gasteiger partial charge on any atom is 0.460 e. The molecule has 20 nitrogen and oxygen atoms in total. The molecule has 0 saturated carbocycles. The Kier molecular flexibility index (Phi) is 13.5. The standard InChI is InChI=1S/C10H12N4O2.C10H12N4O.C8H6ClN3O.C8H8N4O/c1-2-7-11-10-12-14(16)9-6-4-3-5-8(9)13(10)15;1-2-7-11-10-12-8-5-3-4-6-9(8)14(15)13-10;2*1-5-2-3-6-7(4-5)12(13)11-8(9)10-6/h3-6H,2,7H2,1H3,(H,11,12);3-6H,2,7H2,1H3,(H,11,12,13);2-4H,1H3;2-4H,1H3,(H2,9,10,11). The van der Waals surface area contributed by atoms with Crippen molar-refractivity contribution in [3.63, 3.8) is 0 Å². The van der Waals surface area contributed by atoms with E-state index in [0.29, 0.717) is 75.2 Å². The zero-order valence-electron chi connectivity index (χ0n) is 31.3. The average molecular weight is 796 g/mol. The minimum atomic E-state index is -0.0358. The first-order valence-electron chi connectivity index (χ1n) is 17.5. The van der Waals surface area contributed by atoms with E-state index in [-0.39, 0.29) is 22.7 Å². The second-order valence-corrected chi connectivity index (χ2v) is 12.5. The predicted molar refractivity (Wildman–Crippen MR) is 212 cm³/mol. The number of para-hydroxylation sites is 4. The highest BCUT2D eigenvalue weighted by molar-refractivity contribution is 6.28. The fourth-order valence-electron chi connectivity index (χ4n) is 5.05. The van der Waals surface area contributed by atoms with E-state index >= 15 is 0 Å². The number of aryl methyl sites for hydroxylation is 2. The molecule has 0 bridgehead atoms. The number of nitrogen functional groups attached to an aromatic ring is 1. The third-order valence-corrected chi connectivity index (χ3v) is 7.90. The van der Waals surface area contributed by atoms with Crippen LogP contribution in [0.15, 0.2) is 84.9 Å². The van der Waals surface area contributed by atoms with Gasteiger partial charge in [0.1, 0.15) is 16.6 Å². The Labute approximate surface area is 329 Å². The number of nitrogens with two attached hydrogens (primary N) is 1. The van der Waals surface area contributed by atoms with Crippen molar-refractivity contribution in [3.8, 4) is 0 Å². The highest BCUT2D eigenvalue weighted by Gasteiger charge is 2.18. The summed E-state index contributed by atoms with van der Waals surface area (Å²) in [4.78, 5) is 14.1. The number of halogens is 1. The van der Waals surface area contributed by atoms with Gasteiger partial charge in [0.2, 0.25) is 5.10 Å². The molecule has 0 aliphatic carbocycles. The summed E-state index contributed by atoms with van der Waals surface area (Å²) in [7, 11) is 0. The van der Waals surface area contributed by atoms with Crippen molar-refractivity contribution >= 4 is 73.6 Å². The fraction of sp³-hybridized carbons (Fsp3) is 0.222. The van der Waals surface area contributed by atoms with E-state index in [0.717, 1.165) is 30.5 Å². The van der Waals surface area contributed by atoms with E-state index in [1.165, 1.54) is 0 Å². The smallest absolute Gasteiger partial charge is 0.460 e. The van der Waals surface area contributed by atoms with Crippen LogP contribution in [0.1, 0.15) is 37.8 Å². The molecule has 4 aromatic heterocycles. The lowest BCUT2D eigenvalue weighted by Gasteiger charge is -2.09. The molecule has 0 saturated heterocycles. The first-order valence-corrected chi connectivity index (χ1v) is 17.9. The summed E-state index contributed by atoms with van der Waals surface area (Å²) in [6.07, 6.45) is 1.82. The number of hydrogen-bond acceptors (Lipinski definition) is 15. The van der Waals surface area contributed by atoms with Crippen LogP contribution in [0.4, 0.5) is 17.8 Å². The molecule has 0 spiro atoms. The molecule has 8 aromatic rings. The van der Waals surface area contributed by atoms with Gasteiger partial charge >= 0.3 is 5.95 Å². The summed E-state index contributed by atoms with van der Waals surface area (Å²) < 4.78 is 0.638. The van der Waals surface area contributed by atoms with Crippen LogP contribution in [0.2, 0.25) is 5.28 Å². The molecule has 4 N–H and O–H groups in total. The van der Waals surface area contributed by atoms with Crippen molar-refractivity contribution in [2.75, 3.05) is 29.5 Å². The topological polar surface area (TPSA) is 275 Å². The molecule has 57 heavy (non-hydrogen) atoms. The van der Waals surface area contributed by atoms with Gasteiger partial charge < -0.3 is 37.1 Å². The maximum absolute atomic E-state index is 11.8. The van der Waals surface area contributed by atoms with Gasteiger partial charge in [-0.15, -0.1) is 0 Å². The van der Waals surface area contributed by atoms with Crippen LogP contribution in [-0.4, -0.2) is 48.4 Å². The molecule has 294 valence electrons.